The summed E-state index contributed by atoms with van der Waals surface area (Å²) in [5.74, 6) is -0.224. The summed E-state index contributed by atoms with van der Waals surface area (Å²) >= 11 is 7.34. The smallest absolute Gasteiger partial charge is 0.251 e. The molecule has 2 aromatic carbocycles. The van der Waals surface area contributed by atoms with Gasteiger partial charge in [-0.2, -0.15) is 0 Å². The van der Waals surface area contributed by atoms with Gasteiger partial charge in [-0.15, -0.1) is 10.2 Å². The zero-order valence-electron chi connectivity index (χ0n) is 18.7. The fraction of sp³-hybridized carbons (Fsp3) is 0.304. The molecule has 0 aliphatic heterocycles. The van der Waals surface area contributed by atoms with Gasteiger partial charge in [-0.3, -0.25) is 9.59 Å². The number of aryl methyl sites for hydroxylation is 1. The highest BCUT2D eigenvalue weighted by Gasteiger charge is 2.25. The van der Waals surface area contributed by atoms with Crippen LogP contribution >= 0.6 is 23.4 Å². The van der Waals surface area contributed by atoms with Crippen molar-refractivity contribution in [3.8, 4) is 0 Å². The van der Waals surface area contributed by atoms with Crippen LogP contribution in [0.25, 0.3) is 0 Å². The molecule has 2 amide bonds. The maximum absolute atomic E-state index is 13.2. The molecule has 1 atom stereocenters. The molecule has 0 spiro atoms. The lowest BCUT2D eigenvalue weighted by atomic mass is 10.0. The first kappa shape index (κ1) is 24.7. The molecule has 0 aliphatic carbocycles. The number of nitrogens with zero attached hydrogens (tertiary/aromatic N) is 3. The second-order valence-corrected chi connectivity index (χ2v) is 9.25. The van der Waals surface area contributed by atoms with E-state index in [1.165, 1.54) is 36.0 Å². The van der Waals surface area contributed by atoms with E-state index in [4.69, 9.17) is 11.6 Å². The van der Waals surface area contributed by atoms with Crippen LogP contribution in [0.2, 0.25) is 5.02 Å². The number of carbonyl (C=O) groups is 2. The third-order valence-corrected chi connectivity index (χ3v) is 6.42. The lowest BCUT2D eigenvalue weighted by Gasteiger charge is -2.21. The van der Waals surface area contributed by atoms with Gasteiger partial charge in [0.05, 0.1) is 11.8 Å². The molecule has 3 rings (SSSR count). The van der Waals surface area contributed by atoms with E-state index < -0.39 is 11.9 Å². The molecule has 3 aromatic rings. The number of aromatic nitrogens is 3. The zero-order valence-corrected chi connectivity index (χ0v) is 20.3. The standard InChI is InChI=1S/C23H25ClFN5O2S/c1-13(2)20(27-22(32)15-6-8-16(25)9-7-15)21-28-29-23(30(21)4)33-12-19(31)26-17-10-5-14(3)18(24)11-17/h5-11,13,20H,12H2,1-4H3,(H,26,31)(H,27,32). The van der Waals surface area contributed by atoms with Gasteiger partial charge >= 0.3 is 0 Å². The molecule has 10 heteroatoms. The molecule has 0 radical (unpaired) electrons. The first-order valence-electron chi connectivity index (χ1n) is 10.3. The summed E-state index contributed by atoms with van der Waals surface area (Å²) in [6.45, 7) is 5.80. The molecule has 7 nitrogen and oxygen atoms in total. The predicted octanol–water partition coefficient (Wildman–Crippen LogP) is 4.77. The molecule has 174 valence electrons. The molecular formula is C23H25ClFN5O2S. The van der Waals surface area contributed by atoms with Gasteiger partial charge in [0.15, 0.2) is 11.0 Å². The third-order valence-electron chi connectivity index (χ3n) is 4.99. The summed E-state index contributed by atoms with van der Waals surface area (Å²) in [5, 5.41) is 15.3. The van der Waals surface area contributed by atoms with Crippen molar-refractivity contribution in [2.24, 2.45) is 13.0 Å². The summed E-state index contributed by atoms with van der Waals surface area (Å²) in [6, 6.07) is 10.3. The van der Waals surface area contributed by atoms with Crippen LogP contribution in [0.15, 0.2) is 47.6 Å². The quantitative estimate of drug-likeness (QED) is 0.445. The molecule has 1 unspecified atom stereocenters. The highest BCUT2D eigenvalue weighted by Crippen LogP contribution is 2.25. The Bertz CT molecular complexity index is 1150. The van der Waals surface area contributed by atoms with Gasteiger partial charge in [0.1, 0.15) is 5.82 Å². The van der Waals surface area contributed by atoms with Gasteiger partial charge < -0.3 is 15.2 Å². The van der Waals surface area contributed by atoms with E-state index in [-0.39, 0.29) is 23.5 Å². The SMILES string of the molecule is Cc1ccc(NC(=O)CSc2nnc(C(NC(=O)c3ccc(F)cc3)C(C)C)n2C)cc1Cl. The van der Waals surface area contributed by atoms with Crippen molar-refractivity contribution in [3.05, 3.63) is 70.3 Å². The molecule has 2 N–H and O–H groups in total. The summed E-state index contributed by atoms with van der Waals surface area (Å²) in [5.41, 5.74) is 1.91. The van der Waals surface area contributed by atoms with Crippen LogP contribution < -0.4 is 10.6 Å². The Morgan fingerprint density at radius 3 is 2.48 bits per heavy atom. The number of nitrogens with one attached hydrogen (secondary N) is 2. The van der Waals surface area contributed by atoms with Gasteiger partial charge in [-0.05, 0) is 54.8 Å². The van der Waals surface area contributed by atoms with E-state index in [1.54, 1.807) is 23.7 Å². The van der Waals surface area contributed by atoms with Crippen LogP contribution in [0, 0.1) is 18.7 Å². The Morgan fingerprint density at radius 1 is 1.15 bits per heavy atom. The van der Waals surface area contributed by atoms with E-state index in [0.717, 1.165) is 5.56 Å². The lowest BCUT2D eigenvalue weighted by molar-refractivity contribution is -0.113. The zero-order chi connectivity index (χ0) is 24.1. The Kier molecular flexibility index (Phi) is 8.10. The number of anilines is 1. The maximum atomic E-state index is 13.2. The number of rotatable bonds is 8. The van der Waals surface area contributed by atoms with Crippen molar-refractivity contribution in [1.82, 2.24) is 20.1 Å². The minimum Gasteiger partial charge on any atom is -0.342 e. The second kappa shape index (κ2) is 10.8. The molecule has 1 aromatic heterocycles. The van der Waals surface area contributed by atoms with Gasteiger partial charge in [0.2, 0.25) is 5.91 Å². The lowest BCUT2D eigenvalue weighted by Crippen LogP contribution is -2.33. The third kappa shape index (κ3) is 6.33. The number of thioether (sulfide) groups is 1. The van der Waals surface area contributed by atoms with E-state index in [2.05, 4.69) is 20.8 Å². The largest absolute Gasteiger partial charge is 0.342 e. The van der Waals surface area contributed by atoms with Crippen LogP contribution in [0.1, 0.15) is 41.6 Å². The van der Waals surface area contributed by atoms with Gasteiger partial charge in [0.25, 0.3) is 5.91 Å². The second-order valence-electron chi connectivity index (χ2n) is 7.90. The fourth-order valence-corrected chi connectivity index (χ4v) is 3.97. The first-order chi connectivity index (χ1) is 15.7. The number of halogens is 2. The number of carbonyl (C=O) groups excluding carboxylic acids is 2. The van der Waals surface area contributed by atoms with Crippen molar-refractivity contribution >= 4 is 40.9 Å². The minimum absolute atomic E-state index is 0.0183. The van der Waals surface area contributed by atoms with Crippen molar-refractivity contribution in [1.29, 1.82) is 0 Å². The highest BCUT2D eigenvalue weighted by molar-refractivity contribution is 7.99. The number of hydrogen-bond acceptors (Lipinski definition) is 5. The highest BCUT2D eigenvalue weighted by atomic mass is 35.5. The summed E-state index contributed by atoms with van der Waals surface area (Å²) in [4.78, 5) is 25.0. The molecule has 0 saturated heterocycles. The van der Waals surface area contributed by atoms with E-state index in [1.807, 2.05) is 26.8 Å². The fourth-order valence-electron chi connectivity index (χ4n) is 3.08. The van der Waals surface area contributed by atoms with Gasteiger partial charge in [0, 0.05) is 23.3 Å². The van der Waals surface area contributed by atoms with Crippen molar-refractivity contribution < 1.29 is 14.0 Å². The monoisotopic (exact) mass is 489 g/mol. The molecule has 33 heavy (non-hydrogen) atoms. The van der Waals surface area contributed by atoms with Crippen LogP contribution in [0.3, 0.4) is 0 Å². The summed E-state index contributed by atoms with van der Waals surface area (Å²) < 4.78 is 14.9. The minimum atomic E-state index is -0.419. The molecule has 1 heterocycles. The van der Waals surface area contributed by atoms with Gasteiger partial charge in [-0.25, -0.2) is 4.39 Å². The number of amides is 2. The molecule has 0 fully saturated rings. The Labute approximate surface area is 201 Å². The molecule has 0 aliphatic rings. The summed E-state index contributed by atoms with van der Waals surface area (Å²) in [7, 11) is 1.79. The predicted molar refractivity (Wildman–Crippen MR) is 128 cm³/mol. The molecule has 0 bridgehead atoms. The summed E-state index contributed by atoms with van der Waals surface area (Å²) in [6.07, 6.45) is 0. The average molecular weight is 490 g/mol. The van der Waals surface area contributed by atoms with Crippen LogP contribution in [0.4, 0.5) is 10.1 Å². The topological polar surface area (TPSA) is 88.9 Å². The Hall–Kier alpha value is -2.91. The Morgan fingerprint density at radius 2 is 1.85 bits per heavy atom. The first-order valence-corrected chi connectivity index (χ1v) is 11.7. The van der Waals surface area contributed by atoms with Gasteiger partial charge in [-0.1, -0.05) is 43.3 Å². The normalized spacial score (nSPS) is 12.0. The average Bonchev–Trinajstić information content (AvgIpc) is 3.13. The number of benzene rings is 2. The maximum Gasteiger partial charge on any atom is 0.251 e. The van der Waals surface area contributed by atoms with Crippen LogP contribution in [-0.4, -0.2) is 32.3 Å². The van der Waals surface area contributed by atoms with Crippen molar-refractivity contribution in [3.63, 3.8) is 0 Å². The molecular weight excluding hydrogens is 465 g/mol. The van der Waals surface area contributed by atoms with E-state index >= 15 is 0 Å². The van der Waals surface area contributed by atoms with E-state index in [0.29, 0.717) is 27.3 Å². The Balaban J connectivity index is 1.65. The van der Waals surface area contributed by atoms with Crippen molar-refractivity contribution in [2.45, 2.75) is 32.0 Å². The van der Waals surface area contributed by atoms with E-state index in [9.17, 15) is 14.0 Å². The number of hydrogen-bond donors (Lipinski definition) is 2. The van der Waals surface area contributed by atoms with Crippen molar-refractivity contribution in [2.75, 3.05) is 11.1 Å². The molecule has 0 saturated carbocycles. The van der Waals surface area contributed by atoms with Crippen LogP contribution in [0.5, 0.6) is 0 Å². The van der Waals surface area contributed by atoms with Crippen LogP contribution in [-0.2, 0) is 11.8 Å².